The second-order valence-electron chi connectivity index (χ2n) is 5.44. The van der Waals surface area contributed by atoms with Crippen LogP contribution in [0.3, 0.4) is 0 Å². The van der Waals surface area contributed by atoms with Crippen molar-refractivity contribution in [3.63, 3.8) is 0 Å². The van der Waals surface area contributed by atoms with E-state index in [0.717, 1.165) is 25.9 Å². The molecule has 2 N–H and O–H groups in total. The second kappa shape index (κ2) is 6.86. The smallest absolute Gasteiger partial charge is 0.0646 e. The Morgan fingerprint density at radius 1 is 1.22 bits per heavy atom. The van der Waals surface area contributed by atoms with E-state index in [1.165, 1.54) is 31.2 Å². The monoisotopic (exact) mass is 248 g/mol. The molecule has 2 rings (SSSR count). The molecule has 0 unspecified atom stereocenters. The first-order valence-corrected chi connectivity index (χ1v) is 7.04. The molecule has 0 saturated heterocycles. The molecule has 1 heterocycles. The summed E-state index contributed by atoms with van der Waals surface area (Å²) in [7, 11) is 0. The highest BCUT2D eigenvalue weighted by Crippen LogP contribution is 2.25. The van der Waals surface area contributed by atoms with E-state index in [-0.39, 0.29) is 5.54 Å². The van der Waals surface area contributed by atoms with Gasteiger partial charge in [-0.15, -0.1) is 0 Å². The van der Waals surface area contributed by atoms with Crippen LogP contribution in [0.15, 0.2) is 24.5 Å². The molecule has 1 aromatic heterocycles. The van der Waals surface area contributed by atoms with Crippen LogP contribution in [0.5, 0.6) is 0 Å². The first-order chi connectivity index (χ1) is 8.79. The number of pyridine rings is 1. The van der Waals surface area contributed by atoms with E-state index in [1.807, 2.05) is 12.3 Å². The fourth-order valence-corrected chi connectivity index (χ4v) is 2.59. The van der Waals surface area contributed by atoms with Crippen LogP contribution < -0.4 is 5.73 Å². The van der Waals surface area contributed by atoms with Crippen molar-refractivity contribution in [3.8, 4) is 0 Å². The zero-order valence-corrected chi connectivity index (χ0v) is 11.1. The average Bonchev–Trinajstić information content (AvgIpc) is 2.61. The fraction of sp³-hybridized carbons (Fsp3) is 0.667. The Hall–Kier alpha value is -0.930. The quantitative estimate of drug-likeness (QED) is 0.644. The number of ether oxygens (including phenoxy) is 1. The summed E-state index contributed by atoms with van der Waals surface area (Å²) in [5.41, 5.74) is 7.55. The third kappa shape index (κ3) is 4.39. The Morgan fingerprint density at radius 2 is 2.00 bits per heavy atom. The van der Waals surface area contributed by atoms with Crippen molar-refractivity contribution in [1.29, 1.82) is 0 Å². The SMILES string of the molecule is NC1(COCCc2cccnc2)CCCCCC1. The second-order valence-corrected chi connectivity index (χ2v) is 5.44. The summed E-state index contributed by atoms with van der Waals surface area (Å²) >= 11 is 0. The van der Waals surface area contributed by atoms with Crippen LogP contribution in [0, 0.1) is 0 Å². The topological polar surface area (TPSA) is 48.1 Å². The lowest BCUT2D eigenvalue weighted by Crippen LogP contribution is -2.44. The molecule has 0 atom stereocenters. The molecule has 100 valence electrons. The highest BCUT2D eigenvalue weighted by Gasteiger charge is 2.26. The number of hydrogen-bond donors (Lipinski definition) is 1. The molecule has 0 aliphatic heterocycles. The molecule has 0 amide bonds. The minimum absolute atomic E-state index is 0.0779. The van der Waals surface area contributed by atoms with E-state index in [0.29, 0.717) is 6.61 Å². The number of rotatable bonds is 5. The largest absolute Gasteiger partial charge is 0.379 e. The first kappa shape index (κ1) is 13.5. The highest BCUT2D eigenvalue weighted by atomic mass is 16.5. The fourth-order valence-electron chi connectivity index (χ4n) is 2.59. The van der Waals surface area contributed by atoms with Crippen LogP contribution in [-0.4, -0.2) is 23.7 Å². The standard InChI is InChI=1S/C15H24N2O/c16-15(8-3-1-2-4-9-15)13-18-11-7-14-6-5-10-17-12-14/h5-6,10,12H,1-4,7-9,11,13,16H2. The van der Waals surface area contributed by atoms with E-state index in [2.05, 4.69) is 11.1 Å². The molecule has 18 heavy (non-hydrogen) atoms. The van der Waals surface area contributed by atoms with Gasteiger partial charge in [-0.25, -0.2) is 0 Å². The maximum absolute atomic E-state index is 6.40. The summed E-state index contributed by atoms with van der Waals surface area (Å²) in [5.74, 6) is 0. The summed E-state index contributed by atoms with van der Waals surface area (Å²) in [6.45, 7) is 1.44. The molecule has 1 aromatic rings. The molecule has 3 heteroatoms. The lowest BCUT2D eigenvalue weighted by Gasteiger charge is -2.27. The van der Waals surface area contributed by atoms with Gasteiger partial charge in [-0.2, -0.15) is 0 Å². The molecule has 3 nitrogen and oxygen atoms in total. The Kier molecular flexibility index (Phi) is 5.14. The Bertz CT molecular complexity index is 332. The number of nitrogens with two attached hydrogens (primary N) is 1. The Labute approximate surface area is 110 Å². The molecule has 0 bridgehead atoms. The summed E-state index contributed by atoms with van der Waals surface area (Å²) in [6.07, 6.45) is 12.0. The zero-order valence-electron chi connectivity index (χ0n) is 11.1. The summed E-state index contributed by atoms with van der Waals surface area (Å²) in [4.78, 5) is 4.10. The van der Waals surface area contributed by atoms with Crippen molar-refractivity contribution in [3.05, 3.63) is 30.1 Å². The van der Waals surface area contributed by atoms with Gasteiger partial charge >= 0.3 is 0 Å². The van der Waals surface area contributed by atoms with E-state index < -0.39 is 0 Å². The number of hydrogen-bond acceptors (Lipinski definition) is 3. The van der Waals surface area contributed by atoms with Crippen molar-refractivity contribution >= 4 is 0 Å². The molecular weight excluding hydrogens is 224 g/mol. The van der Waals surface area contributed by atoms with E-state index in [1.54, 1.807) is 6.20 Å². The van der Waals surface area contributed by atoms with Gasteiger partial charge in [0.2, 0.25) is 0 Å². The van der Waals surface area contributed by atoms with Crippen molar-refractivity contribution < 1.29 is 4.74 Å². The predicted octanol–water partition coefficient (Wildman–Crippen LogP) is 2.69. The first-order valence-electron chi connectivity index (χ1n) is 7.04. The molecule has 0 radical (unpaired) electrons. The van der Waals surface area contributed by atoms with Gasteiger partial charge in [0.25, 0.3) is 0 Å². The van der Waals surface area contributed by atoms with Gasteiger partial charge in [0, 0.05) is 17.9 Å². The average molecular weight is 248 g/mol. The van der Waals surface area contributed by atoms with Gasteiger partial charge in [0.15, 0.2) is 0 Å². The van der Waals surface area contributed by atoms with Crippen molar-refractivity contribution in [2.75, 3.05) is 13.2 Å². The van der Waals surface area contributed by atoms with Crippen LogP contribution in [0.1, 0.15) is 44.1 Å². The van der Waals surface area contributed by atoms with Gasteiger partial charge < -0.3 is 10.5 Å². The molecule has 1 saturated carbocycles. The Balaban J connectivity index is 1.68. The lowest BCUT2D eigenvalue weighted by atomic mass is 9.93. The minimum atomic E-state index is -0.0779. The molecular formula is C15H24N2O. The molecule has 0 aromatic carbocycles. The lowest BCUT2D eigenvalue weighted by molar-refractivity contribution is 0.0799. The van der Waals surface area contributed by atoms with Crippen LogP contribution in [0.25, 0.3) is 0 Å². The molecule has 1 aliphatic carbocycles. The summed E-state index contributed by atoms with van der Waals surface area (Å²) in [5, 5.41) is 0. The number of aromatic nitrogens is 1. The van der Waals surface area contributed by atoms with Crippen LogP contribution in [0.4, 0.5) is 0 Å². The van der Waals surface area contributed by atoms with Gasteiger partial charge in [-0.05, 0) is 30.9 Å². The van der Waals surface area contributed by atoms with Crippen molar-refractivity contribution in [2.45, 2.75) is 50.5 Å². The third-order valence-electron chi connectivity index (χ3n) is 3.75. The maximum atomic E-state index is 6.40. The summed E-state index contributed by atoms with van der Waals surface area (Å²) < 4.78 is 5.78. The molecule has 0 spiro atoms. The van der Waals surface area contributed by atoms with Crippen LogP contribution in [0.2, 0.25) is 0 Å². The van der Waals surface area contributed by atoms with Crippen LogP contribution in [-0.2, 0) is 11.2 Å². The van der Waals surface area contributed by atoms with Gasteiger partial charge in [-0.1, -0.05) is 31.7 Å². The van der Waals surface area contributed by atoms with Gasteiger partial charge in [-0.3, -0.25) is 4.98 Å². The zero-order chi connectivity index (χ0) is 12.7. The predicted molar refractivity (Wildman–Crippen MR) is 73.4 cm³/mol. The highest BCUT2D eigenvalue weighted by molar-refractivity contribution is 5.08. The number of nitrogens with zero attached hydrogens (tertiary/aromatic N) is 1. The van der Waals surface area contributed by atoms with E-state index in [9.17, 15) is 0 Å². The maximum Gasteiger partial charge on any atom is 0.0646 e. The Morgan fingerprint density at radius 3 is 2.67 bits per heavy atom. The van der Waals surface area contributed by atoms with Crippen LogP contribution >= 0.6 is 0 Å². The van der Waals surface area contributed by atoms with E-state index in [4.69, 9.17) is 10.5 Å². The van der Waals surface area contributed by atoms with Gasteiger partial charge in [0.1, 0.15) is 0 Å². The van der Waals surface area contributed by atoms with Crippen molar-refractivity contribution in [1.82, 2.24) is 4.98 Å². The molecule has 1 aliphatic rings. The summed E-state index contributed by atoms with van der Waals surface area (Å²) in [6, 6.07) is 4.05. The third-order valence-corrected chi connectivity index (χ3v) is 3.75. The molecule has 1 fully saturated rings. The van der Waals surface area contributed by atoms with Crippen molar-refractivity contribution in [2.24, 2.45) is 5.73 Å². The van der Waals surface area contributed by atoms with Gasteiger partial charge in [0.05, 0.1) is 13.2 Å². The normalized spacial score (nSPS) is 19.4. The minimum Gasteiger partial charge on any atom is -0.379 e. The van der Waals surface area contributed by atoms with E-state index >= 15 is 0 Å².